The molecule has 0 radical (unpaired) electrons. The van der Waals surface area contributed by atoms with E-state index in [0.29, 0.717) is 23.1 Å². The van der Waals surface area contributed by atoms with Crippen LogP contribution >= 0.6 is 11.6 Å². The first-order chi connectivity index (χ1) is 9.81. The Labute approximate surface area is 131 Å². The van der Waals surface area contributed by atoms with Crippen molar-refractivity contribution in [3.05, 3.63) is 22.7 Å². The second kappa shape index (κ2) is 7.52. The van der Waals surface area contributed by atoms with Gasteiger partial charge in [0.25, 0.3) is 0 Å². The van der Waals surface area contributed by atoms with E-state index in [9.17, 15) is 4.79 Å². The number of hydrogen-bond acceptors (Lipinski definition) is 4. The summed E-state index contributed by atoms with van der Waals surface area (Å²) < 4.78 is 10.7. The summed E-state index contributed by atoms with van der Waals surface area (Å²) in [4.78, 5) is 15.5. The number of rotatable bonds is 6. The van der Waals surface area contributed by atoms with Crippen molar-refractivity contribution >= 4 is 17.5 Å². The number of amides is 1. The third-order valence-electron chi connectivity index (χ3n) is 3.40. The van der Waals surface area contributed by atoms with Gasteiger partial charge >= 0.3 is 0 Å². The number of ether oxygens (including phenoxy) is 2. The van der Waals surface area contributed by atoms with Gasteiger partial charge in [0.05, 0.1) is 20.3 Å². The van der Waals surface area contributed by atoms with Crippen molar-refractivity contribution in [2.45, 2.75) is 19.5 Å². The fraction of sp³-hybridized carbons (Fsp3) is 0.533. The number of methoxy groups -OCH3 is 2. The number of halogens is 1. The second-order valence-corrected chi connectivity index (χ2v) is 5.56. The van der Waals surface area contributed by atoms with Crippen molar-refractivity contribution in [1.82, 2.24) is 9.80 Å². The fourth-order valence-electron chi connectivity index (χ4n) is 2.09. The van der Waals surface area contributed by atoms with E-state index in [0.717, 1.165) is 5.56 Å². The Kier molecular flexibility index (Phi) is 6.30. The van der Waals surface area contributed by atoms with Crippen molar-refractivity contribution < 1.29 is 14.3 Å². The van der Waals surface area contributed by atoms with E-state index >= 15 is 0 Å². The quantitative estimate of drug-likeness (QED) is 0.808. The van der Waals surface area contributed by atoms with Crippen LogP contribution in [0.4, 0.5) is 0 Å². The highest BCUT2D eigenvalue weighted by atomic mass is 35.5. The second-order valence-electron chi connectivity index (χ2n) is 5.12. The Morgan fingerprint density at radius 3 is 2.33 bits per heavy atom. The summed E-state index contributed by atoms with van der Waals surface area (Å²) in [5, 5.41) is 0.572. The van der Waals surface area contributed by atoms with Gasteiger partial charge in [-0.15, -0.1) is 0 Å². The maximum Gasteiger partial charge on any atom is 0.239 e. The normalized spacial score (nSPS) is 12.2. The van der Waals surface area contributed by atoms with Gasteiger partial charge in [0.1, 0.15) is 0 Å². The molecule has 0 aliphatic carbocycles. The molecule has 0 saturated heterocycles. The van der Waals surface area contributed by atoms with Gasteiger partial charge in [0.15, 0.2) is 11.5 Å². The number of carbonyl (C=O) groups is 1. The van der Waals surface area contributed by atoms with E-state index in [-0.39, 0.29) is 11.9 Å². The molecule has 1 aromatic carbocycles. The zero-order chi connectivity index (χ0) is 16.2. The summed E-state index contributed by atoms with van der Waals surface area (Å²) in [6.45, 7) is 2.40. The highest BCUT2D eigenvalue weighted by molar-refractivity contribution is 6.30. The number of carbonyl (C=O) groups excluding carboxylic acids is 1. The average molecular weight is 315 g/mol. The van der Waals surface area contributed by atoms with Crippen LogP contribution in [-0.2, 0) is 11.3 Å². The number of benzene rings is 1. The minimum absolute atomic E-state index is 0.0467. The summed E-state index contributed by atoms with van der Waals surface area (Å²) in [6.07, 6.45) is 0. The molecule has 1 aromatic rings. The molecule has 5 nitrogen and oxygen atoms in total. The monoisotopic (exact) mass is 314 g/mol. The molecule has 1 rings (SSSR count). The van der Waals surface area contributed by atoms with Gasteiger partial charge in [-0.2, -0.15) is 0 Å². The van der Waals surface area contributed by atoms with Crippen LogP contribution in [0.5, 0.6) is 11.5 Å². The molecule has 0 N–H and O–H groups in total. The van der Waals surface area contributed by atoms with Crippen molar-refractivity contribution in [3.63, 3.8) is 0 Å². The van der Waals surface area contributed by atoms with E-state index in [1.807, 2.05) is 24.9 Å². The van der Waals surface area contributed by atoms with Gasteiger partial charge in [-0.05, 0) is 20.0 Å². The Morgan fingerprint density at radius 1 is 1.24 bits per heavy atom. The minimum Gasteiger partial charge on any atom is -0.493 e. The van der Waals surface area contributed by atoms with E-state index in [2.05, 4.69) is 0 Å². The first kappa shape index (κ1) is 17.6. The molecule has 1 amide bonds. The maximum atomic E-state index is 12.0. The van der Waals surface area contributed by atoms with E-state index in [1.54, 1.807) is 39.3 Å². The molecule has 0 aliphatic heterocycles. The van der Waals surface area contributed by atoms with Crippen LogP contribution in [0.2, 0.25) is 5.02 Å². The molecule has 0 saturated carbocycles. The predicted octanol–water partition coefficient (Wildman–Crippen LogP) is 2.27. The van der Waals surface area contributed by atoms with Crippen molar-refractivity contribution in [2.24, 2.45) is 0 Å². The lowest BCUT2D eigenvalue weighted by Crippen LogP contribution is -2.42. The van der Waals surface area contributed by atoms with Crippen LogP contribution in [0.25, 0.3) is 0 Å². The molecule has 1 atom stereocenters. The lowest BCUT2D eigenvalue weighted by molar-refractivity contribution is -0.133. The highest BCUT2D eigenvalue weighted by Crippen LogP contribution is 2.35. The Balaban J connectivity index is 3.01. The molecule has 0 unspecified atom stereocenters. The third-order valence-corrected chi connectivity index (χ3v) is 3.62. The van der Waals surface area contributed by atoms with Crippen LogP contribution in [0.1, 0.15) is 12.5 Å². The molecular formula is C15H23ClN2O3. The van der Waals surface area contributed by atoms with Crippen molar-refractivity contribution in [1.29, 1.82) is 0 Å². The van der Waals surface area contributed by atoms with E-state index in [4.69, 9.17) is 21.1 Å². The smallest absolute Gasteiger partial charge is 0.239 e. The lowest BCUT2D eigenvalue weighted by atomic mass is 10.1. The predicted molar refractivity (Wildman–Crippen MR) is 84.2 cm³/mol. The number of likely N-dealkylation sites (N-methyl/N-ethyl adjacent to an activating group) is 2. The first-order valence-electron chi connectivity index (χ1n) is 6.63. The topological polar surface area (TPSA) is 42.0 Å². The van der Waals surface area contributed by atoms with Gasteiger partial charge in [-0.3, -0.25) is 9.69 Å². The summed E-state index contributed by atoms with van der Waals surface area (Å²) in [5.74, 6) is 1.27. The largest absolute Gasteiger partial charge is 0.493 e. The Morgan fingerprint density at radius 2 is 1.86 bits per heavy atom. The van der Waals surface area contributed by atoms with Gasteiger partial charge in [0.2, 0.25) is 5.91 Å². The van der Waals surface area contributed by atoms with Crippen LogP contribution in [-0.4, -0.2) is 57.1 Å². The zero-order valence-electron chi connectivity index (χ0n) is 13.4. The standard InChI is InChI=1S/C15H23ClN2O3/c1-10(15(19)17(2)3)18(4)9-11-7-12(16)8-13(20-5)14(11)21-6/h7-8,10H,9H2,1-6H3/t10-/m0/s1. The zero-order valence-corrected chi connectivity index (χ0v) is 14.2. The van der Waals surface area contributed by atoms with Gasteiger partial charge in [0, 0.05) is 37.3 Å². The first-order valence-corrected chi connectivity index (χ1v) is 7.01. The van der Waals surface area contributed by atoms with Gasteiger partial charge in [-0.1, -0.05) is 11.6 Å². The molecule has 0 heterocycles. The summed E-state index contributed by atoms with van der Waals surface area (Å²) >= 11 is 6.10. The fourth-order valence-corrected chi connectivity index (χ4v) is 2.32. The Bertz CT molecular complexity index is 506. The van der Waals surface area contributed by atoms with Crippen LogP contribution < -0.4 is 9.47 Å². The van der Waals surface area contributed by atoms with Crippen molar-refractivity contribution in [2.75, 3.05) is 35.4 Å². The molecule has 0 aromatic heterocycles. The average Bonchev–Trinajstić information content (AvgIpc) is 2.44. The van der Waals surface area contributed by atoms with Gasteiger partial charge < -0.3 is 14.4 Å². The lowest BCUT2D eigenvalue weighted by Gasteiger charge is -2.27. The summed E-state index contributed by atoms with van der Waals surface area (Å²) in [7, 11) is 8.54. The minimum atomic E-state index is -0.241. The molecule has 0 fully saturated rings. The molecule has 6 heteroatoms. The van der Waals surface area contributed by atoms with E-state index < -0.39 is 0 Å². The van der Waals surface area contributed by atoms with Crippen LogP contribution in [0.3, 0.4) is 0 Å². The van der Waals surface area contributed by atoms with Gasteiger partial charge in [-0.25, -0.2) is 0 Å². The van der Waals surface area contributed by atoms with Crippen LogP contribution in [0.15, 0.2) is 12.1 Å². The van der Waals surface area contributed by atoms with Crippen molar-refractivity contribution in [3.8, 4) is 11.5 Å². The van der Waals surface area contributed by atoms with E-state index in [1.165, 1.54) is 0 Å². The molecule has 118 valence electrons. The molecular weight excluding hydrogens is 292 g/mol. The molecule has 21 heavy (non-hydrogen) atoms. The molecule has 0 spiro atoms. The summed E-state index contributed by atoms with van der Waals surface area (Å²) in [6, 6.07) is 3.29. The van der Waals surface area contributed by atoms with Crippen LogP contribution in [0, 0.1) is 0 Å². The SMILES string of the molecule is COc1cc(Cl)cc(CN(C)[C@@H](C)C(=O)N(C)C)c1OC. The number of nitrogens with zero attached hydrogens (tertiary/aromatic N) is 2. The molecule has 0 aliphatic rings. The summed E-state index contributed by atoms with van der Waals surface area (Å²) in [5.41, 5.74) is 0.878. The highest BCUT2D eigenvalue weighted by Gasteiger charge is 2.22. The molecule has 0 bridgehead atoms. The Hall–Kier alpha value is -1.46. The third kappa shape index (κ3) is 4.25. The number of hydrogen-bond donors (Lipinski definition) is 0. The maximum absolute atomic E-state index is 12.0.